The first-order valence-electron chi connectivity index (χ1n) is 7.30. The molecule has 0 atom stereocenters. The fraction of sp³-hybridized carbons (Fsp3) is 1.00. The second kappa shape index (κ2) is 7.32. The second-order valence-corrected chi connectivity index (χ2v) is 6.44. The van der Waals surface area contributed by atoms with Gasteiger partial charge in [-0.05, 0) is 56.7 Å². The molecule has 0 radical (unpaired) electrons. The maximum atomic E-state index is 2.67. The van der Waals surface area contributed by atoms with Crippen molar-refractivity contribution in [1.82, 2.24) is 4.90 Å². The van der Waals surface area contributed by atoms with E-state index in [0.29, 0.717) is 0 Å². The van der Waals surface area contributed by atoms with Gasteiger partial charge in [-0.1, -0.05) is 40.5 Å². The molecule has 0 saturated carbocycles. The van der Waals surface area contributed by atoms with Gasteiger partial charge in [-0.2, -0.15) is 0 Å². The summed E-state index contributed by atoms with van der Waals surface area (Å²) in [7, 11) is 0. The quantitative estimate of drug-likeness (QED) is 0.655. The van der Waals surface area contributed by atoms with Gasteiger partial charge in [0.1, 0.15) is 0 Å². The molecule has 1 aliphatic heterocycles. The molecule has 1 nitrogen and oxygen atoms in total. The molecule has 0 spiro atoms. The lowest BCUT2D eigenvalue weighted by Gasteiger charge is -2.32. The fourth-order valence-electron chi connectivity index (χ4n) is 2.51. The Morgan fingerprint density at radius 1 is 0.938 bits per heavy atom. The van der Waals surface area contributed by atoms with Crippen LogP contribution in [0.3, 0.4) is 0 Å². The highest BCUT2D eigenvalue weighted by Crippen LogP contribution is 2.24. The van der Waals surface area contributed by atoms with Gasteiger partial charge in [0.15, 0.2) is 0 Å². The third-order valence-corrected chi connectivity index (χ3v) is 3.88. The van der Waals surface area contributed by atoms with Crippen LogP contribution in [0, 0.1) is 17.8 Å². The Morgan fingerprint density at radius 3 is 2.00 bits per heavy atom. The van der Waals surface area contributed by atoms with Gasteiger partial charge in [-0.25, -0.2) is 0 Å². The van der Waals surface area contributed by atoms with E-state index in [1.54, 1.807) is 0 Å². The highest BCUT2D eigenvalue weighted by atomic mass is 15.1. The van der Waals surface area contributed by atoms with Crippen molar-refractivity contribution in [1.29, 1.82) is 0 Å². The number of piperidine rings is 1. The Balaban J connectivity index is 2.09. The maximum Gasteiger partial charge on any atom is -0.00161 e. The zero-order valence-corrected chi connectivity index (χ0v) is 11.8. The summed E-state index contributed by atoms with van der Waals surface area (Å²) in [4.78, 5) is 2.67. The van der Waals surface area contributed by atoms with Crippen molar-refractivity contribution in [2.45, 2.75) is 59.8 Å². The highest BCUT2D eigenvalue weighted by Gasteiger charge is 2.18. The van der Waals surface area contributed by atoms with Gasteiger partial charge in [0.25, 0.3) is 0 Å². The van der Waals surface area contributed by atoms with Crippen LogP contribution in [-0.4, -0.2) is 24.5 Å². The van der Waals surface area contributed by atoms with E-state index in [1.807, 2.05) is 0 Å². The van der Waals surface area contributed by atoms with Crippen molar-refractivity contribution in [3.8, 4) is 0 Å². The van der Waals surface area contributed by atoms with E-state index in [9.17, 15) is 0 Å². The van der Waals surface area contributed by atoms with Crippen molar-refractivity contribution in [2.75, 3.05) is 19.6 Å². The van der Waals surface area contributed by atoms with E-state index in [2.05, 4.69) is 32.6 Å². The van der Waals surface area contributed by atoms with Crippen LogP contribution in [0.15, 0.2) is 0 Å². The molecule has 1 fully saturated rings. The topological polar surface area (TPSA) is 3.24 Å². The van der Waals surface area contributed by atoms with Gasteiger partial charge in [0.05, 0.1) is 0 Å². The van der Waals surface area contributed by atoms with Crippen molar-refractivity contribution in [3.63, 3.8) is 0 Å². The molecule has 1 heterocycles. The molecule has 16 heavy (non-hydrogen) atoms. The van der Waals surface area contributed by atoms with Crippen molar-refractivity contribution >= 4 is 0 Å². The summed E-state index contributed by atoms with van der Waals surface area (Å²) < 4.78 is 0. The summed E-state index contributed by atoms with van der Waals surface area (Å²) in [5, 5.41) is 0. The van der Waals surface area contributed by atoms with E-state index >= 15 is 0 Å². The lowest BCUT2D eigenvalue weighted by molar-refractivity contribution is 0.168. The maximum absolute atomic E-state index is 2.67. The second-order valence-electron chi connectivity index (χ2n) is 6.44. The zero-order valence-electron chi connectivity index (χ0n) is 11.8. The molecule has 0 aromatic heterocycles. The summed E-state index contributed by atoms with van der Waals surface area (Å²) in [6, 6.07) is 0. The van der Waals surface area contributed by atoms with Crippen LogP contribution in [0.25, 0.3) is 0 Å². The highest BCUT2D eigenvalue weighted by molar-refractivity contribution is 4.72. The molecule has 0 amide bonds. The van der Waals surface area contributed by atoms with E-state index in [4.69, 9.17) is 0 Å². The molecule has 0 aliphatic carbocycles. The molecule has 0 bridgehead atoms. The molecule has 1 heteroatoms. The molecule has 1 aliphatic rings. The van der Waals surface area contributed by atoms with Gasteiger partial charge in [-0.3, -0.25) is 0 Å². The van der Waals surface area contributed by atoms with Crippen molar-refractivity contribution < 1.29 is 0 Å². The third kappa shape index (κ3) is 5.89. The summed E-state index contributed by atoms with van der Waals surface area (Å²) in [5.41, 5.74) is 0. The molecule has 1 saturated heterocycles. The number of likely N-dealkylation sites (tertiary alicyclic amines) is 1. The molecule has 0 aromatic carbocycles. The fourth-order valence-corrected chi connectivity index (χ4v) is 2.51. The molecule has 96 valence electrons. The minimum atomic E-state index is 0.860. The van der Waals surface area contributed by atoms with Gasteiger partial charge in [-0.15, -0.1) is 0 Å². The SMILES string of the molecule is CC(C)CCC1CCN(CCC(C)C)CC1. The Bertz CT molecular complexity index is 146. The van der Waals surface area contributed by atoms with E-state index in [0.717, 1.165) is 17.8 Å². The summed E-state index contributed by atoms with van der Waals surface area (Å²) in [6.45, 7) is 13.4. The first-order valence-corrected chi connectivity index (χ1v) is 7.30. The van der Waals surface area contributed by atoms with Gasteiger partial charge >= 0.3 is 0 Å². The summed E-state index contributed by atoms with van der Waals surface area (Å²) >= 11 is 0. The van der Waals surface area contributed by atoms with E-state index < -0.39 is 0 Å². The van der Waals surface area contributed by atoms with E-state index in [-0.39, 0.29) is 0 Å². The predicted molar refractivity (Wildman–Crippen MR) is 72.7 cm³/mol. The van der Waals surface area contributed by atoms with E-state index in [1.165, 1.54) is 51.7 Å². The number of hydrogen-bond acceptors (Lipinski definition) is 1. The van der Waals surface area contributed by atoms with Gasteiger partial charge in [0.2, 0.25) is 0 Å². The Morgan fingerprint density at radius 2 is 1.50 bits per heavy atom. The molecular formula is C15H31N. The summed E-state index contributed by atoms with van der Waals surface area (Å²) in [5.74, 6) is 2.77. The average molecular weight is 225 g/mol. The smallest absolute Gasteiger partial charge is 0.00161 e. The Hall–Kier alpha value is -0.0400. The summed E-state index contributed by atoms with van der Waals surface area (Å²) in [6.07, 6.45) is 7.17. The van der Waals surface area contributed by atoms with Crippen molar-refractivity contribution in [3.05, 3.63) is 0 Å². The minimum Gasteiger partial charge on any atom is -0.303 e. The van der Waals surface area contributed by atoms with Gasteiger partial charge < -0.3 is 4.90 Å². The Kier molecular flexibility index (Phi) is 6.41. The van der Waals surface area contributed by atoms with Crippen molar-refractivity contribution in [2.24, 2.45) is 17.8 Å². The molecule has 0 N–H and O–H groups in total. The first-order chi connectivity index (χ1) is 7.58. The lowest BCUT2D eigenvalue weighted by Crippen LogP contribution is -2.34. The monoisotopic (exact) mass is 225 g/mol. The van der Waals surface area contributed by atoms with Gasteiger partial charge in [0, 0.05) is 0 Å². The third-order valence-electron chi connectivity index (χ3n) is 3.88. The zero-order chi connectivity index (χ0) is 12.0. The first kappa shape index (κ1) is 14.0. The number of rotatable bonds is 6. The number of hydrogen-bond donors (Lipinski definition) is 0. The molecule has 0 aromatic rings. The van der Waals surface area contributed by atoms with Crippen LogP contribution in [0.1, 0.15) is 59.8 Å². The lowest BCUT2D eigenvalue weighted by atomic mass is 9.89. The van der Waals surface area contributed by atoms with Crippen LogP contribution in [-0.2, 0) is 0 Å². The van der Waals surface area contributed by atoms with Crippen LogP contribution < -0.4 is 0 Å². The van der Waals surface area contributed by atoms with Crippen LogP contribution in [0.4, 0.5) is 0 Å². The average Bonchev–Trinajstić information content (AvgIpc) is 2.25. The molecular weight excluding hydrogens is 194 g/mol. The normalized spacial score (nSPS) is 19.9. The predicted octanol–water partition coefficient (Wildman–Crippen LogP) is 4.18. The Labute approximate surface area is 103 Å². The standard InChI is InChI=1S/C15H31N/c1-13(2)5-6-15-8-11-16(12-9-15)10-7-14(3)4/h13-15H,5-12H2,1-4H3. The van der Waals surface area contributed by atoms with Crippen LogP contribution in [0.2, 0.25) is 0 Å². The minimum absolute atomic E-state index is 0.860. The van der Waals surface area contributed by atoms with Crippen LogP contribution in [0.5, 0.6) is 0 Å². The number of nitrogens with zero attached hydrogens (tertiary/aromatic N) is 1. The largest absolute Gasteiger partial charge is 0.303 e. The molecule has 1 rings (SSSR count). The molecule has 0 unspecified atom stereocenters. The van der Waals surface area contributed by atoms with Crippen LogP contribution >= 0.6 is 0 Å².